The maximum Gasteiger partial charge on any atom is 0.339 e. The SMILES string of the molecule is COC(=O)/C=C/C(=C/Nc1ccc(Cl)c(Cl)c1)C(=O)OC. The number of anilines is 1. The second-order valence-electron chi connectivity index (χ2n) is 3.72. The topological polar surface area (TPSA) is 64.6 Å². The van der Waals surface area contributed by atoms with E-state index in [4.69, 9.17) is 23.2 Å². The van der Waals surface area contributed by atoms with Crippen molar-refractivity contribution in [3.63, 3.8) is 0 Å². The van der Waals surface area contributed by atoms with Crippen LogP contribution >= 0.6 is 23.2 Å². The van der Waals surface area contributed by atoms with Crippen molar-refractivity contribution in [3.8, 4) is 0 Å². The molecule has 0 aromatic heterocycles. The summed E-state index contributed by atoms with van der Waals surface area (Å²) in [7, 11) is 2.48. The van der Waals surface area contributed by atoms with E-state index in [0.717, 1.165) is 6.08 Å². The quantitative estimate of drug-likeness (QED) is 0.510. The molecule has 0 saturated heterocycles. The van der Waals surface area contributed by atoms with E-state index in [0.29, 0.717) is 15.7 Å². The Labute approximate surface area is 132 Å². The molecule has 0 spiro atoms. The largest absolute Gasteiger partial charge is 0.466 e. The summed E-state index contributed by atoms with van der Waals surface area (Å²) < 4.78 is 9.06. The van der Waals surface area contributed by atoms with Crippen molar-refractivity contribution < 1.29 is 19.1 Å². The molecule has 0 radical (unpaired) electrons. The molecule has 0 aliphatic carbocycles. The van der Waals surface area contributed by atoms with Crippen molar-refractivity contribution in [1.29, 1.82) is 0 Å². The Kier molecular flexibility index (Phi) is 6.78. The number of halogens is 2. The fraction of sp³-hybridized carbons (Fsp3) is 0.143. The van der Waals surface area contributed by atoms with Gasteiger partial charge in [-0.15, -0.1) is 0 Å². The highest BCUT2D eigenvalue weighted by Gasteiger charge is 2.07. The lowest BCUT2D eigenvalue weighted by Gasteiger charge is -2.05. The number of hydrogen-bond donors (Lipinski definition) is 1. The van der Waals surface area contributed by atoms with E-state index in [1.807, 2.05) is 0 Å². The Balaban J connectivity index is 2.92. The second-order valence-corrected chi connectivity index (χ2v) is 4.54. The van der Waals surface area contributed by atoms with Gasteiger partial charge in [0, 0.05) is 18.0 Å². The van der Waals surface area contributed by atoms with E-state index < -0.39 is 11.9 Å². The Morgan fingerprint density at radius 2 is 1.81 bits per heavy atom. The molecule has 0 unspecified atom stereocenters. The van der Waals surface area contributed by atoms with Crippen LogP contribution in [0, 0.1) is 0 Å². The molecule has 1 N–H and O–H groups in total. The Morgan fingerprint density at radius 1 is 1.10 bits per heavy atom. The molecule has 112 valence electrons. The van der Waals surface area contributed by atoms with Gasteiger partial charge in [0.05, 0.1) is 29.8 Å². The van der Waals surface area contributed by atoms with Crippen LogP contribution in [-0.4, -0.2) is 26.2 Å². The minimum atomic E-state index is -0.609. The lowest BCUT2D eigenvalue weighted by molar-refractivity contribution is -0.135. The van der Waals surface area contributed by atoms with Crippen LogP contribution in [0.3, 0.4) is 0 Å². The van der Waals surface area contributed by atoms with Crippen molar-refractivity contribution in [1.82, 2.24) is 0 Å². The summed E-state index contributed by atoms with van der Waals surface area (Å²) in [5.74, 6) is -1.19. The molecule has 0 atom stereocenters. The Morgan fingerprint density at radius 3 is 2.38 bits per heavy atom. The van der Waals surface area contributed by atoms with E-state index in [1.165, 1.54) is 26.5 Å². The highest BCUT2D eigenvalue weighted by atomic mass is 35.5. The van der Waals surface area contributed by atoms with Crippen LogP contribution in [0.1, 0.15) is 0 Å². The Bertz CT molecular complexity index is 597. The number of benzene rings is 1. The molecule has 7 heteroatoms. The van der Waals surface area contributed by atoms with Crippen LogP contribution in [0.2, 0.25) is 10.0 Å². The van der Waals surface area contributed by atoms with E-state index in [9.17, 15) is 9.59 Å². The standard InChI is InChI=1S/C14H13Cl2NO4/c1-20-13(18)6-3-9(14(19)21-2)8-17-10-4-5-11(15)12(16)7-10/h3-8,17H,1-2H3/b6-3+,9-8-. The van der Waals surface area contributed by atoms with Gasteiger partial charge in [-0.2, -0.15) is 0 Å². The average molecular weight is 330 g/mol. The predicted molar refractivity (Wildman–Crippen MR) is 81.3 cm³/mol. The minimum Gasteiger partial charge on any atom is -0.466 e. The van der Waals surface area contributed by atoms with Crippen molar-refractivity contribution in [2.24, 2.45) is 0 Å². The van der Waals surface area contributed by atoms with Crippen molar-refractivity contribution in [3.05, 3.63) is 52.2 Å². The lowest BCUT2D eigenvalue weighted by atomic mass is 10.2. The molecule has 5 nitrogen and oxygen atoms in total. The summed E-state index contributed by atoms with van der Waals surface area (Å²) in [5, 5.41) is 3.66. The molecule has 0 aliphatic rings. The molecule has 0 amide bonds. The number of hydrogen-bond acceptors (Lipinski definition) is 5. The minimum absolute atomic E-state index is 0.133. The van der Waals surface area contributed by atoms with Crippen molar-refractivity contribution in [2.45, 2.75) is 0 Å². The Hall–Kier alpha value is -1.98. The van der Waals surface area contributed by atoms with E-state index in [2.05, 4.69) is 14.8 Å². The van der Waals surface area contributed by atoms with Gasteiger partial charge >= 0.3 is 11.9 Å². The molecule has 0 heterocycles. The summed E-state index contributed by atoms with van der Waals surface area (Å²) in [4.78, 5) is 22.6. The van der Waals surface area contributed by atoms with Gasteiger partial charge in [-0.05, 0) is 24.3 Å². The van der Waals surface area contributed by atoms with Crippen LogP contribution in [0.15, 0.2) is 42.1 Å². The van der Waals surface area contributed by atoms with Crippen LogP contribution in [0.4, 0.5) is 5.69 Å². The van der Waals surface area contributed by atoms with Gasteiger partial charge in [-0.1, -0.05) is 23.2 Å². The first-order chi connectivity index (χ1) is 9.97. The number of rotatable bonds is 5. The van der Waals surface area contributed by atoms with Crippen LogP contribution in [0.25, 0.3) is 0 Å². The number of carbonyl (C=O) groups excluding carboxylic acids is 2. The molecular formula is C14H13Cl2NO4. The third-order valence-electron chi connectivity index (χ3n) is 2.34. The normalized spacial score (nSPS) is 11.3. The number of carbonyl (C=O) groups is 2. The molecule has 0 bridgehead atoms. The number of nitrogens with one attached hydrogen (secondary N) is 1. The first-order valence-corrected chi connectivity index (χ1v) is 6.49. The highest BCUT2D eigenvalue weighted by molar-refractivity contribution is 6.42. The zero-order valence-electron chi connectivity index (χ0n) is 11.4. The molecule has 1 rings (SSSR count). The molecular weight excluding hydrogens is 317 g/mol. The molecule has 0 fully saturated rings. The average Bonchev–Trinajstić information content (AvgIpc) is 2.49. The summed E-state index contributed by atoms with van der Waals surface area (Å²) in [6, 6.07) is 4.89. The third kappa shape index (κ3) is 5.49. The smallest absolute Gasteiger partial charge is 0.339 e. The van der Waals surface area contributed by atoms with Crippen LogP contribution in [-0.2, 0) is 19.1 Å². The molecule has 0 aliphatic heterocycles. The van der Waals surface area contributed by atoms with Gasteiger partial charge in [-0.3, -0.25) is 0 Å². The fourth-order valence-corrected chi connectivity index (χ4v) is 1.56. The van der Waals surface area contributed by atoms with Crippen molar-refractivity contribution >= 4 is 40.8 Å². The molecule has 1 aromatic carbocycles. The predicted octanol–water partition coefficient (Wildman–Crippen LogP) is 3.19. The molecule has 0 saturated carbocycles. The first-order valence-electron chi connectivity index (χ1n) is 5.74. The van der Waals surface area contributed by atoms with Gasteiger partial charge in [-0.25, -0.2) is 9.59 Å². The maximum absolute atomic E-state index is 11.6. The highest BCUT2D eigenvalue weighted by Crippen LogP contribution is 2.25. The maximum atomic E-state index is 11.6. The van der Waals surface area contributed by atoms with Crippen LogP contribution < -0.4 is 5.32 Å². The summed E-state index contributed by atoms with van der Waals surface area (Å²) >= 11 is 11.7. The van der Waals surface area contributed by atoms with Gasteiger partial charge in [0.1, 0.15) is 0 Å². The van der Waals surface area contributed by atoms with E-state index in [1.54, 1.807) is 18.2 Å². The molecule has 1 aromatic rings. The van der Waals surface area contributed by atoms with Crippen molar-refractivity contribution in [2.75, 3.05) is 19.5 Å². The number of methoxy groups -OCH3 is 2. The van der Waals surface area contributed by atoms with Gasteiger partial charge in [0.2, 0.25) is 0 Å². The van der Waals surface area contributed by atoms with Gasteiger partial charge < -0.3 is 14.8 Å². The zero-order chi connectivity index (χ0) is 15.8. The van der Waals surface area contributed by atoms with E-state index >= 15 is 0 Å². The molecule has 21 heavy (non-hydrogen) atoms. The summed E-state index contributed by atoms with van der Waals surface area (Å²) in [6.45, 7) is 0. The summed E-state index contributed by atoms with van der Waals surface area (Å²) in [5.41, 5.74) is 0.756. The number of ether oxygens (including phenoxy) is 2. The van der Waals surface area contributed by atoms with E-state index in [-0.39, 0.29) is 5.57 Å². The first kappa shape index (κ1) is 17.1. The fourth-order valence-electron chi connectivity index (χ4n) is 1.27. The van der Waals surface area contributed by atoms with Crippen LogP contribution in [0.5, 0.6) is 0 Å². The zero-order valence-corrected chi connectivity index (χ0v) is 12.9. The lowest BCUT2D eigenvalue weighted by Crippen LogP contribution is -2.06. The van der Waals surface area contributed by atoms with Gasteiger partial charge in [0.25, 0.3) is 0 Å². The summed E-state index contributed by atoms with van der Waals surface area (Å²) in [6.07, 6.45) is 3.77. The monoisotopic (exact) mass is 329 g/mol. The number of esters is 2. The third-order valence-corrected chi connectivity index (χ3v) is 3.07. The van der Waals surface area contributed by atoms with Gasteiger partial charge in [0.15, 0.2) is 0 Å². The second kappa shape index (κ2) is 8.34.